The van der Waals surface area contributed by atoms with Crippen LogP contribution in [0.1, 0.15) is 27.2 Å². The molecular weight excluding hydrogens is 203 g/mol. The highest BCUT2D eigenvalue weighted by atomic mass is 16.8. The van der Waals surface area contributed by atoms with Crippen LogP contribution in [0.4, 0.5) is 0 Å². The summed E-state index contributed by atoms with van der Waals surface area (Å²) in [6.45, 7) is 6.13. The predicted molar refractivity (Wildman–Crippen MR) is 63.2 cm³/mol. The lowest BCUT2D eigenvalue weighted by atomic mass is 9.95. The lowest BCUT2D eigenvalue weighted by Crippen LogP contribution is -2.48. The predicted octanol–water partition coefficient (Wildman–Crippen LogP) is 2.65. The van der Waals surface area contributed by atoms with Crippen molar-refractivity contribution < 1.29 is 14.0 Å². The Hall–Kier alpha value is -0.995. The van der Waals surface area contributed by atoms with Crippen molar-refractivity contribution in [3.05, 3.63) is 30.3 Å². The summed E-state index contributed by atoms with van der Waals surface area (Å²) in [7, 11) is -0.610. The van der Waals surface area contributed by atoms with Crippen molar-refractivity contribution in [2.24, 2.45) is 0 Å². The van der Waals surface area contributed by atoms with E-state index >= 15 is 0 Å². The molecule has 1 atom stereocenters. The van der Waals surface area contributed by atoms with Gasteiger partial charge in [0, 0.05) is 6.10 Å². The van der Waals surface area contributed by atoms with Crippen LogP contribution in [0.15, 0.2) is 30.3 Å². The minimum absolute atomic E-state index is 0.150. The standard InChI is InChI=1S/C12H17BO3/c1-10-9-12(2,3)16-13(14-10)15-11-7-5-4-6-8-11/h4-8,10H,9H2,1-3H3. The van der Waals surface area contributed by atoms with Gasteiger partial charge >= 0.3 is 7.32 Å². The molecule has 1 aromatic rings. The van der Waals surface area contributed by atoms with Crippen molar-refractivity contribution in [3.63, 3.8) is 0 Å². The molecule has 0 saturated carbocycles. The van der Waals surface area contributed by atoms with Gasteiger partial charge in [-0.1, -0.05) is 18.2 Å². The Balaban J connectivity index is 2.00. The van der Waals surface area contributed by atoms with Crippen molar-refractivity contribution >= 4 is 7.32 Å². The Morgan fingerprint density at radius 2 is 2.00 bits per heavy atom. The fraction of sp³-hybridized carbons (Fsp3) is 0.500. The monoisotopic (exact) mass is 220 g/mol. The van der Waals surface area contributed by atoms with Crippen molar-refractivity contribution in [3.8, 4) is 5.75 Å². The van der Waals surface area contributed by atoms with Gasteiger partial charge in [0.2, 0.25) is 0 Å². The van der Waals surface area contributed by atoms with Gasteiger partial charge in [-0.05, 0) is 39.3 Å². The summed E-state index contributed by atoms with van der Waals surface area (Å²) >= 11 is 0. The zero-order chi connectivity index (χ0) is 11.6. The van der Waals surface area contributed by atoms with E-state index in [0.717, 1.165) is 12.2 Å². The maximum absolute atomic E-state index is 5.70. The number of para-hydroxylation sites is 1. The zero-order valence-corrected chi connectivity index (χ0v) is 9.97. The van der Waals surface area contributed by atoms with E-state index in [2.05, 4.69) is 0 Å². The van der Waals surface area contributed by atoms with E-state index in [1.54, 1.807) is 0 Å². The lowest BCUT2D eigenvalue weighted by Gasteiger charge is -2.36. The van der Waals surface area contributed by atoms with Crippen molar-refractivity contribution in [1.29, 1.82) is 0 Å². The molecule has 1 aromatic carbocycles. The maximum Gasteiger partial charge on any atom is 0.713 e. The average molecular weight is 220 g/mol. The largest absolute Gasteiger partial charge is 0.713 e. The van der Waals surface area contributed by atoms with E-state index in [9.17, 15) is 0 Å². The first-order valence-corrected chi connectivity index (χ1v) is 5.60. The minimum Gasteiger partial charge on any atom is -0.512 e. The Labute approximate surface area is 96.9 Å². The lowest BCUT2D eigenvalue weighted by molar-refractivity contribution is -0.0533. The fourth-order valence-corrected chi connectivity index (χ4v) is 1.93. The van der Waals surface area contributed by atoms with E-state index in [0.29, 0.717) is 0 Å². The molecule has 4 heteroatoms. The Morgan fingerprint density at radius 1 is 1.31 bits per heavy atom. The third kappa shape index (κ3) is 3.00. The third-order valence-electron chi connectivity index (χ3n) is 2.51. The SMILES string of the molecule is CC1CC(C)(C)OB(Oc2ccccc2)O1. The van der Waals surface area contributed by atoms with Gasteiger partial charge in [0.05, 0.1) is 5.60 Å². The number of rotatable bonds is 2. The fourth-order valence-electron chi connectivity index (χ4n) is 1.93. The molecule has 1 fully saturated rings. The Kier molecular flexibility index (Phi) is 3.21. The van der Waals surface area contributed by atoms with Gasteiger partial charge in [-0.3, -0.25) is 0 Å². The third-order valence-corrected chi connectivity index (χ3v) is 2.51. The molecule has 86 valence electrons. The second-order valence-electron chi connectivity index (χ2n) is 4.75. The summed E-state index contributed by atoms with van der Waals surface area (Å²) in [4.78, 5) is 0. The molecule has 1 heterocycles. The molecule has 2 rings (SSSR count). The zero-order valence-electron chi connectivity index (χ0n) is 9.97. The number of hydrogen-bond acceptors (Lipinski definition) is 3. The molecular formula is C12H17BO3. The maximum atomic E-state index is 5.70. The molecule has 0 amide bonds. The van der Waals surface area contributed by atoms with Crippen LogP contribution in [-0.4, -0.2) is 19.0 Å². The van der Waals surface area contributed by atoms with Gasteiger partial charge in [-0.15, -0.1) is 0 Å². The van der Waals surface area contributed by atoms with Crippen LogP contribution in [0.2, 0.25) is 0 Å². The van der Waals surface area contributed by atoms with Gasteiger partial charge in [-0.2, -0.15) is 0 Å². The molecule has 0 spiro atoms. The molecule has 0 bridgehead atoms. The molecule has 0 radical (unpaired) electrons. The number of hydrogen-bond donors (Lipinski definition) is 0. The van der Waals surface area contributed by atoms with Crippen LogP contribution in [0.25, 0.3) is 0 Å². The Bertz CT molecular complexity index is 339. The minimum atomic E-state index is -0.610. The van der Waals surface area contributed by atoms with E-state index in [4.69, 9.17) is 14.0 Å². The molecule has 0 N–H and O–H groups in total. The van der Waals surface area contributed by atoms with Gasteiger partial charge < -0.3 is 14.0 Å². The summed E-state index contributed by atoms with van der Waals surface area (Å²) in [6.07, 6.45) is 1.03. The summed E-state index contributed by atoms with van der Waals surface area (Å²) < 4.78 is 16.9. The normalized spacial score (nSPS) is 24.2. The molecule has 3 nitrogen and oxygen atoms in total. The van der Waals surface area contributed by atoms with Crippen LogP contribution in [-0.2, 0) is 9.31 Å². The first-order chi connectivity index (χ1) is 7.55. The van der Waals surface area contributed by atoms with Gasteiger partial charge in [-0.25, -0.2) is 0 Å². The summed E-state index contributed by atoms with van der Waals surface area (Å²) in [6, 6.07) is 9.57. The quantitative estimate of drug-likeness (QED) is 0.717. The average Bonchev–Trinajstić information content (AvgIpc) is 2.15. The summed E-state index contributed by atoms with van der Waals surface area (Å²) in [5.41, 5.74) is -0.197. The van der Waals surface area contributed by atoms with Crippen molar-refractivity contribution in [2.45, 2.75) is 38.9 Å². The second-order valence-corrected chi connectivity index (χ2v) is 4.75. The smallest absolute Gasteiger partial charge is 0.512 e. The van der Waals surface area contributed by atoms with Crippen LogP contribution in [0, 0.1) is 0 Å². The van der Waals surface area contributed by atoms with Crippen LogP contribution >= 0.6 is 0 Å². The highest BCUT2D eigenvalue weighted by molar-refractivity contribution is 6.37. The van der Waals surface area contributed by atoms with Gasteiger partial charge in [0.25, 0.3) is 0 Å². The van der Waals surface area contributed by atoms with E-state index in [1.807, 2.05) is 51.1 Å². The van der Waals surface area contributed by atoms with Gasteiger partial charge in [0.15, 0.2) is 0 Å². The first-order valence-electron chi connectivity index (χ1n) is 5.60. The summed E-state index contributed by atoms with van der Waals surface area (Å²) in [5, 5.41) is 0. The van der Waals surface area contributed by atoms with Gasteiger partial charge in [0.1, 0.15) is 5.75 Å². The van der Waals surface area contributed by atoms with E-state index < -0.39 is 7.32 Å². The molecule has 1 unspecified atom stereocenters. The van der Waals surface area contributed by atoms with E-state index in [-0.39, 0.29) is 11.7 Å². The molecule has 16 heavy (non-hydrogen) atoms. The highest BCUT2D eigenvalue weighted by Gasteiger charge is 2.40. The topological polar surface area (TPSA) is 27.7 Å². The molecule has 1 aliphatic rings. The van der Waals surface area contributed by atoms with Crippen LogP contribution < -0.4 is 4.65 Å². The van der Waals surface area contributed by atoms with E-state index in [1.165, 1.54) is 0 Å². The number of benzene rings is 1. The molecule has 1 aliphatic heterocycles. The molecule has 1 saturated heterocycles. The van der Waals surface area contributed by atoms with Crippen molar-refractivity contribution in [1.82, 2.24) is 0 Å². The first kappa shape index (κ1) is 11.5. The summed E-state index contributed by atoms with van der Waals surface area (Å²) in [5.74, 6) is 0.761. The molecule has 0 aromatic heterocycles. The molecule has 0 aliphatic carbocycles. The van der Waals surface area contributed by atoms with Crippen LogP contribution in [0.3, 0.4) is 0 Å². The van der Waals surface area contributed by atoms with Crippen molar-refractivity contribution in [2.75, 3.05) is 0 Å². The highest BCUT2D eigenvalue weighted by Crippen LogP contribution is 2.26. The van der Waals surface area contributed by atoms with Crippen LogP contribution in [0.5, 0.6) is 5.75 Å². The second kappa shape index (κ2) is 4.48. The Morgan fingerprint density at radius 3 is 2.62 bits per heavy atom.